The molecule has 5 nitrogen and oxygen atoms in total. The largest absolute Gasteiger partial charge is 0.480 e. The van der Waals surface area contributed by atoms with Gasteiger partial charge in [0.1, 0.15) is 0 Å². The first kappa shape index (κ1) is 13.4. The van der Waals surface area contributed by atoms with Crippen LogP contribution in [-0.2, 0) is 6.54 Å². The molecule has 5 heteroatoms. The van der Waals surface area contributed by atoms with E-state index in [4.69, 9.17) is 4.74 Å². The lowest BCUT2D eigenvalue weighted by Gasteiger charge is -2.23. The summed E-state index contributed by atoms with van der Waals surface area (Å²) in [4.78, 5) is 4.34. The van der Waals surface area contributed by atoms with Crippen LogP contribution in [-0.4, -0.2) is 21.7 Å². The van der Waals surface area contributed by atoms with Gasteiger partial charge < -0.3 is 10.1 Å². The van der Waals surface area contributed by atoms with E-state index in [1.54, 1.807) is 17.8 Å². The van der Waals surface area contributed by atoms with Crippen molar-refractivity contribution < 1.29 is 4.74 Å². The van der Waals surface area contributed by atoms with Crippen LogP contribution in [0.5, 0.6) is 5.88 Å². The lowest BCUT2D eigenvalue weighted by atomic mass is 9.93. The van der Waals surface area contributed by atoms with Crippen molar-refractivity contribution >= 4 is 5.65 Å². The van der Waals surface area contributed by atoms with Gasteiger partial charge in [-0.2, -0.15) is 0 Å². The van der Waals surface area contributed by atoms with Crippen molar-refractivity contribution in [1.29, 1.82) is 0 Å². The summed E-state index contributed by atoms with van der Waals surface area (Å²) >= 11 is 0. The van der Waals surface area contributed by atoms with Crippen molar-refractivity contribution in [2.75, 3.05) is 7.11 Å². The summed E-state index contributed by atoms with van der Waals surface area (Å²) in [5.74, 6) is 0.591. The number of fused-ring (bicyclic) bond motifs is 1. The fraction of sp³-hybridized carbons (Fsp3) is 0.429. The number of methoxy groups -OCH3 is 1. The van der Waals surface area contributed by atoms with E-state index < -0.39 is 0 Å². The van der Waals surface area contributed by atoms with Gasteiger partial charge in [-0.1, -0.05) is 27.4 Å². The molecule has 1 N–H and O–H groups in total. The molecule has 0 aliphatic rings. The molecule has 0 atom stereocenters. The van der Waals surface area contributed by atoms with E-state index in [1.165, 1.54) is 0 Å². The SMILES string of the molecule is C=C(NCc1c(OC)nn2cccnc12)C(C)(C)C. The van der Waals surface area contributed by atoms with Gasteiger partial charge in [0.2, 0.25) is 5.88 Å². The average Bonchev–Trinajstić information content (AvgIpc) is 2.72. The number of hydrogen-bond acceptors (Lipinski definition) is 4. The smallest absolute Gasteiger partial charge is 0.240 e. The van der Waals surface area contributed by atoms with E-state index >= 15 is 0 Å². The normalized spacial score (nSPS) is 11.6. The third kappa shape index (κ3) is 2.70. The molecule has 0 fully saturated rings. The molecule has 0 unspecified atom stereocenters. The van der Waals surface area contributed by atoms with Crippen molar-refractivity contribution in [1.82, 2.24) is 19.9 Å². The average molecular weight is 260 g/mol. The van der Waals surface area contributed by atoms with Gasteiger partial charge in [0.05, 0.1) is 12.7 Å². The third-order valence-electron chi connectivity index (χ3n) is 3.03. The number of nitrogens with one attached hydrogen (secondary N) is 1. The van der Waals surface area contributed by atoms with Crippen molar-refractivity contribution in [3.05, 3.63) is 36.3 Å². The third-order valence-corrected chi connectivity index (χ3v) is 3.03. The maximum absolute atomic E-state index is 5.31. The number of nitrogens with zero attached hydrogens (tertiary/aromatic N) is 3. The van der Waals surface area contributed by atoms with Crippen molar-refractivity contribution in [2.24, 2.45) is 5.41 Å². The Labute approximate surface area is 113 Å². The summed E-state index contributed by atoms with van der Waals surface area (Å²) in [5, 5.41) is 7.66. The van der Waals surface area contributed by atoms with Crippen LogP contribution in [0, 0.1) is 5.41 Å². The van der Waals surface area contributed by atoms with Gasteiger partial charge in [0.25, 0.3) is 0 Å². The molecular weight excluding hydrogens is 240 g/mol. The predicted molar refractivity (Wildman–Crippen MR) is 75.0 cm³/mol. The minimum absolute atomic E-state index is 0.0175. The van der Waals surface area contributed by atoms with Crippen molar-refractivity contribution in [3.8, 4) is 5.88 Å². The van der Waals surface area contributed by atoms with E-state index in [9.17, 15) is 0 Å². The molecule has 2 aromatic rings. The second-order valence-electron chi connectivity index (χ2n) is 5.46. The highest BCUT2D eigenvalue weighted by Gasteiger charge is 2.18. The minimum atomic E-state index is 0.0175. The maximum atomic E-state index is 5.31. The van der Waals surface area contributed by atoms with Crippen LogP contribution in [0.2, 0.25) is 0 Å². The molecule has 0 spiro atoms. The molecule has 19 heavy (non-hydrogen) atoms. The maximum Gasteiger partial charge on any atom is 0.240 e. The van der Waals surface area contributed by atoms with Crippen LogP contribution < -0.4 is 10.1 Å². The summed E-state index contributed by atoms with van der Waals surface area (Å²) in [7, 11) is 1.61. The van der Waals surface area contributed by atoms with Crippen LogP contribution in [0.1, 0.15) is 26.3 Å². The van der Waals surface area contributed by atoms with Gasteiger partial charge >= 0.3 is 0 Å². The van der Waals surface area contributed by atoms with Gasteiger partial charge in [0, 0.05) is 30.1 Å². The minimum Gasteiger partial charge on any atom is -0.480 e. The first-order chi connectivity index (χ1) is 8.93. The van der Waals surface area contributed by atoms with Crippen molar-refractivity contribution in [2.45, 2.75) is 27.3 Å². The molecule has 0 aromatic carbocycles. The molecule has 0 saturated heterocycles. The monoisotopic (exact) mass is 260 g/mol. The Hall–Kier alpha value is -2.04. The van der Waals surface area contributed by atoms with Gasteiger partial charge in [-0.15, -0.1) is 5.10 Å². The van der Waals surface area contributed by atoms with E-state index in [0.717, 1.165) is 16.9 Å². The first-order valence-electron chi connectivity index (χ1n) is 6.23. The van der Waals surface area contributed by atoms with E-state index in [1.807, 2.05) is 12.3 Å². The highest BCUT2D eigenvalue weighted by Crippen LogP contribution is 2.24. The predicted octanol–water partition coefficient (Wildman–Crippen LogP) is 2.39. The van der Waals surface area contributed by atoms with Crippen LogP contribution in [0.25, 0.3) is 5.65 Å². The number of ether oxygens (including phenoxy) is 1. The summed E-state index contributed by atoms with van der Waals surface area (Å²) in [6, 6.07) is 1.84. The topological polar surface area (TPSA) is 51.5 Å². The lowest BCUT2D eigenvalue weighted by molar-refractivity contribution is 0.388. The van der Waals surface area contributed by atoms with Crippen LogP contribution in [0.4, 0.5) is 0 Å². The van der Waals surface area contributed by atoms with Gasteiger partial charge in [-0.3, -0.25) is 0 Å². The fourth-order valence-electron chi connectivity index (χ4n) is 1.69. The zero-order chi connectivity index (χ0) is 14.0. The Morgan fingerprint density at radius 2 is 2.21 bits per heavy atom. The molecule has 0 bridgehead atoms. The molecular formula is C14H20N4O. The summed E-state index contributed by atoms with van der Waals surface area (Å²) in [6.07, 6.45) is 3.60. The standard InChI is InChI=1S/C14H20N4O/c1-10(14(2,3)4)16-9-11-12-15-7-6-8-18(12)17-13(11)19-5/h6-8,16H,1,9H2,2-5H3. The van der Waals surface area contributed by atoms with E-state index in [2.05, 4.69) is 42.7 Å². The second kappa shape index (κ2) is 4.91. The molecule has 0 saturated carbocycles. The van der Waals surface area contributed by atoms with E-state index in [0.29, 0.717) is 12.4 Å². The van der Waals surface area contributed by atoms with Gasteiger partial charge in [-0.05, 0) is 6.07 Å². The van der Waals surface area contributed by atoms with E-state index in [-0.39, 0.29) is 5.41 Å². The lowest BCUT2D eigenvalue weighted by Crippen LogP contribution is -2.23. The quantitative estimate of drug-likeness (QED) is 0.917. The molecule has 0 amide bonds. The number of rotatable bonds is 4. The highest BCUT2D eigenvalue weighted by molar-refractivity contribution is 5.52. The number of hydrogen-bond donors (Lipinski definition) is 1. The van der Waals surface area contributed by atoms with Crippen LogP contribution in [0.3, 0.4) is 0 Å². The molecule has 0 aliphatic carbocycles. The van der Waals surface area contributed by atoms with Gasteiger partial charge in [-0.25, -0.2) is 9.50 Å². The number of allylic oxidation sites excluding steroid dienone is 1. The summed E-state index contributed by atoms with van der Waals surface area (Å²) < 4.78 is 7.02. The Bertz CT molecular complexity index is 595. The fourth-order valence-corrected chi connectivity index (χ4v) is 1.69. The molecule has 2 heterocycles. The Morgan fingerprint density at radius 1 is 1.47 bits per heavy atom. The van der Waals surface area contributed by atoms with Crippen molar-refractivity contribution in [3.63, 3.8) is 0 Å². The first-order valence-corrected chi connectivity index (χ1v) is 6.23. The Morgan fingerprint density at radius 3 is 2.84 bits per heavy atom. The zero-order valence-electron chi connectivity index (χ0n) is 11.9. The summed E-state index contributed by atoms with van der Waals surface area (Å²) in [6.45, 7) is 11.0. The zero-order valence-corrected chi connectivity index (χ0v) is 11.9. The molecule has 0 radical (unpaired) electrons. The number of aromatic nitrogens is 3. The molecule has 102 valence electrons. The molecule has 2 aromatic heterocycles. The second-order valence-corrected chi connectivity index (χ2v) is 5.46. The highest BCUT2D eigenvalue weighted by atomic mass is 16.5. The van der Waals surface area contributed by atoms with Gasteiger partial charge in [0.15, 0.2) is 5.65 Å². The molecule has 2 rings (SSSR count). The van der Waals surface area contributed by atoms with Crippen LogP contribution in [0.15, 0.2) is 30.7 Å². The molecule has 0 aliphatic heterocycles. The Kier molecular flexibility index (Phi) is 3.46. The van der Waals surface area contributed by atoms with Crippen LogP contribution >= 0.6 is 0 Å². The summed E-state index contributed by atoms with van der Waals surface area (Å²) in [5.41, 5.74) is 2.73. The Balaban J connectivity index is 2.27.